The summed E-state index contributed by atoms with van der Waals surface area (Å²) in [6.07, 6.45) is 1.56. The number of ketones is 1. The smallest absolute Gasteiger partial charge is 0.333 e. The average Bonchev–Trinajstić information content (AvgIpc) is 2.69. The summed E-state index contributed by atoms with van der Waals surface area (Å²) >= 11 is 3.27. The fraction of sp³-hybridized carbons (Fsp3) is 0.214. The molecule has 1 aromatic rings. The van der Waals surface area contributed by atoms with Crippen molar-refractivity contribution in [2.75, 3.05) is 18.6 Å². The predicted molar refractivity (Wildman–Crippen MR) is 76.6 cm³/mol. The maximum absolute atomic E-state index is 12.0. The number of methoxy groups -OCH3 is 1. The molecule has 0 saturated heterocycles. The Kier molecular flexibility index (Phi) is 4.04. The van der Waals surface area contributed by atoms with Gasteiger partial charge in [-0.25, -0.2) is 4.79 Å². The second-order valence-corrected chi connectivity index (χ2v) is 5.11. The lowest BCUT2D eigenvalue weighted by Crippen LogP contribution is -2.30. The minimum Gasteiger partial charge on any atom is -0.466 e. The Hall–Kier alpha value is -1.95. The number of amides is 1. The summed E-state index contributed by atoms with van der Waals surface area (Å²) in [7, 11) is 1.29. The van der Waals surface area contributed by atoms with E-state index < -0.39 is 17.7 Å². The highest BCUT2D eigenvalue weighted by atomic mass is 79.9. The number of halogens is 1. The van der Waals surface area contributed by atoms with Gasteiger partial charge < -0.3 is 9.64 Å². The quantitative estimate of drug-likeness (QED) is 0.481. The first-order valence-corrected chi connectivity index (χ1v) is 6.66. The Bertz CT molecular complexity index is 636. The molecule has 0 radical (unpaired) electrons. The highest BCUT2D eigenvalue weighted by Crippen LogP contribution is 2.34. The number of esters is 1. The standard InChI is InChI=1S/C14H12BrNO4/c1-8(14(19)20-2)6-7-16-10-5-3-4-9(15)11(10)12(17)13(16)18/h3-6H,7H2,1-2H3. The van der Waals surface area contributed by atoms with Crippen LogP contribution in [-0.2, 0) is 14.3 Å². The fourth-order valence-electron chi connectivity index (χ4n) is 1.96. The van der Waals surface area contributed by atoms with Crippen molar-refractivity contribution in [2.24, 2.45) is 0 Å². The maximum atomic E-state index is 12.0. The number of carbonyl (C=O) groups is 3. The van der Waals surface area contributed by atoms with Gasteiger partial charge in [-0.15, -0.1) is 0 Å². The Morgan fingerprint density at radius 3 is 2.75 bits per heavy atom. The lowest BCUT2D eigenvalue weighted by Gasteiger charge is -2.14. The van der Waals surface area contributed by atoms with Crippen molar-refractivity contribution in [1.82, 2.24) is 0 Å². The van der Waals surface area contributed by atoms with Crippen LogP contribution in [0.4, 0.5) is 5.69 Å². The van der Waals surface area contributed by atoms with Crippen LogP contribution in [0.5, 0.6) is 0 Å². The summed E-state index contributed by atoms with van der Waals surface area (Å²) in [5.74, 6) is -1.60. The summed E-state index contributed by atoms with van der Waals surface area (Å²) in [5, 5.41) is 0. The summed E-state index contributed by atoms with van der Waals surface area (Å²) in [6, 6.07) is 5.16. The fourth-order valence-corrected chi connectivity index (χ4v) is 2.49. The molecule has 0 aromatic heterocycles. The van der Waals surface area contributed by atoms with Gasteiger partial charge in [0.25, 0.3) is 11.7 Å². The summed E-state index contributed by atoms with van der Waals surface area (Å²) in [4.78, 5) is 36.5. The minimum atomic E-state index is -0.596. The van der Waals surface area contributed by atoms with Crippen molar-refractivity contribution in [1.29, 1.82) is 0 Å². The third-order valence-electron chi connectivity index (χ3n) is 3.04. The van der Waals surface area contributed by atoms with Crippen LogP contribution in [0.25, 0.3) is 0 Å². The number of benzene rings is 1. The monoisotopic (exact) mass is 337 g/mol. The molecule has 1 amide bonds. The largest absolute Gasteiger partial charge is 0.466 e. The second kappa shape index (κ2) is 5.58. The SMILES string of the molecule is COC(=O)C(C)=CCN1C(=O)C(=O)c2c(Br)cccc21. The molecule has 1 aliphatic rings. The van der Waals surface area contributed by atoms with E-state index in [9.17, 15) is 14.4 Å². The number of fused-ring (bicyclic) bond motifs is 1. The van der Waals surface area contributed by atoms with Crippen molar-refractivity contribution < 1.29 is 19.1 Å². The van der Waals surface area contributed by atoms with Crippen molar-refractivity contribution >= 4 is 39.3 Å². The average molecular weight is 338 g/mol. The lowest BCUT2D eigenvalue weighted by molar-refractivity contribution is -0.136. The minimum absolute atomic E-state index is 0.148. The molecule has 0 saturated carbocycles. The van der Waals surface area contributed by atoms with Gasteiger partial charge in [0.1, 0.15) is 0 Å². The predicted octanol–water partition coefficient (Wildman–Crippen LogP) is 2.10. The first kappa shape index (κ1) is 14.5. The van der Waals surface area contributed by atoms with E-state index in [1.807, 2.05) is 0 Å². The molecule has 1 heterocycles. The van der Waals surface area contributed by atoms with Gasteiger partial charge in [0.2, 0.25) is 0 Å². The van der Waals surface area contributed by atoms with E-state index in [-0.39, 0.29) is 6.54 Å². The van der Waals surface area contributed by atoms with Crippen LogP contribution in [0.15, 0.2) is 34.3 Å². The maximum Gasteiger partial charge on any atom is 0.333 e. The number of rotatable bonds is 3. The van der Waals surface area contributed by atoms with Gasteiger partial charge in [0.15, 0.2) is 0 Å². The van der Waals surface area contributed by atoms with Crippen molar-refractivity contribution in [2.45, 2.75) is 6.92 Å². The van der Waals surface area contributed by atoms with Gasteiger partial charge >= 0.3 is 5.97 Å². The van der Waals surface area contributed by atoms with Crippen molar-refractivity contribution in [3.8, 4) is 0 Å². The molecule has 0 atom stereocenters. The Morgan fingerprint density at radius 1 is 1.40 bits per heavy atom. The van der Waals surface area contributed by atoms with E-state index in [1.165, 1.54) is 12.0 Å². The van der Waals surface area contributed by atoms with E-state index in [4.69, 9.17) is 0 Å². The second-order valence-electron chi connectivity index (χ2n) is 4.26. The highest BCUT2D eigenvalue weighted by Gasteiger charge is 2.36. The van der Waals surface area contributed by atoms with Crippen LogP contribution in [0.3, 0.4) is 0 Å². The molecule has 6 heteroatoms. The molecule has 0 spiro atoms. The van der Waals surface area contributed by atoms with Crippen molar-refractivity contribution in [3.05, 3.63) is 39.9 Å². The third-order valence-corrected chi connectivity index (χ3v) is 3.70. The first-order chi connectivity index (χ1) is 9.47. The van der Waals surface area contributed by atoms with E-state index in [0.29, 0.717) is 21.3 Å². The summed E-state index contributed by atoms with van der Waals surface area (Å²) < 4.78 is 5.17. The van der Waals surface area contributed by atoms with Crippen molar-refractivity contribution in [3.63, 3.8) is 0 Å². The van der Waals surface area contributed by atoms with Crippen LogP contribution >= 0.6 is 15.9 Å². The molecule has 5 nitrogen and oxygen atoms in total. The molecule has 20 heavy (non-hydrogen) atoms. The molecule has 104 valence electrons. The summed E-state index contributed by atoms with van der Waals surface area (Å²) in [5.41, 5.74) is 1.29. The topological polar surface area (TPSA) is 63.7 Å². The van der Waals surface area contributed by atoms with Crippen LogP contribution in [0.2, 0.25) is 0 Å². The normalized spacial score (nSPS) is 14.6. The Labute approximate surface area is 124 Å². The van der Waals surface area contributed by atoms with Crippen LogP contribution < -0.4 is 4.90 Å². The van der Waals surface area contributed by atoms with Crippen LogP contribution in [0.1, 0.15) is 17.3 Å². The molecule has 0 fully saturated rings. The van der Waals surface area contributed by atoms with Gasteiger partial charge in [-0.2, -0.15) is 0 Å². The molecule has 0 N–H and O–H groups in total. The molecule has 0 unspecified atom stereocenters. The van der Waals surface area contributed by atoms with Gasteiger partial charge in [-0.05, 0) is 35.0 Å². The van der Waals surface area contributed by atoms with Gasteiger partial charge in [-0.3, -0.25) is 9.59 Å². The van der Waals surface area contributed by atoms with Gasteiger partial charge in [0, 0.05) is 16.6 Å². The van der Waals surface area contributed by atoms with E-state index in [1.54, 1.807) is 31.2 Å². The Morgan fingerprint density at radius 2 is 2.10 bits per heavy atom. The van der Waals surface area contributed by atoms with E-state index in [2.05, 4.69) is 20.7 Å². The number of carbonyl (C=O) groups excluding carboxylic acids is 3. The van der Waals surface area contributed by atoms with Crippen LogP contribution in [-0.4, -0.2) is 31.3 Å². The van der Waals surface area contributed by atoms with Crippen LogP contribution in [0, 0.1) is 0 Å². The zero-order valence-corrected chi connectivity index (χ0v) is 12.6. The highest BCUT2D eigenvalue weighted by molar-refractivity contribution is 9.10. The number of Topliss-reactive ketones (excluding diaryl/α,β-unsaturated/α-hetero) is 1. The van der Waals surface area contributed by atoms with E-state index in [0.717, 1.165) is 0 Å². The Balaban J connectivity index is 2.32. The zero-order valence-electron chi connectivity index (χ0n) is 11.0. The molecule has 1 aromatic carbocycles. The zero-order chi connectivity index (χ0) is 14.9. The third kappa shape index (κ3) is 2.38. The molecule has 0 bridgehead atoms. The first-order valence-electron chi connectivity index (χ1n) is 5.87. The molecule has 0 aliphatic carbocycles. The summed E-state index contributed by atoms with van der Waals surface area (Å²) in [6.45, 7) is 1.74. The van der Waals surface area contributed by atoms with E-state index >= 15 is 0 Å². The van der Waals surface area contributed by atoms with Gasteiger partial charge in [0.05, 0.1) is 18.4 Å². The number of nitrogens with zero attached hydrogens (tertiary/aromatic N) is 1. The molecule has 1 aliphatic heterocycles. The number of ether oxygens (including phenoxy) is 1. The lowest BCUT2D eigenvalue weighted by atomic mass is 10.1. The molecular weight excluding hydrogens is 326 g/mol. The number of hydrogen-bond acceptors (Lipinski definition) is 4. The number of hydrogen-bond donors (Lipinski definition) is 0. The molecule has 2 rings (SSSR count). The van der Waals surface area contributed by atoms with Gasteiger partial charge in [-0.1, -0.05) is 12.1 Å². The number of anilines is 1. The molecular formula is C14H12BrNO4.